The van der Waals surface area contributed by atoms with E-state index < -0.39 is 0 Å². The normalized spacial score (nSPS) is 17.4. The van der Waals surface area contributed by atoms with E-state index in [2.05, 4.69) is 109 Å². The minimum Gasteiger partial charge on any atom is -0.344 e. The van der Waals surface area contributed by atoms with Gasteiger partial charge < -0.3 is 4.57 Å². The summed E-state index contributed by atoms with van der Waals surface area (Å²) in [5.74, 6) is 0. The molecular formula is C32H23ClN2. The van der Waals surface area contributed by atoms with Crippen LogP contribution in [-0.2, 0) is 7.05 Å². The van der Waals surface area contributed by atoms with Gasteiger partial charge in [0.15, 0.2) is 0 Å². The molecule has 0 spiro atoms. The zero-order valence-corrected chi connectivity index (χ0v) is 20.2. The maximum Gasteiger partial charge on any atom is 0.0722 e. The summed E-state index contributed by atoms with van der Waals surface area (Å²) < 4.78 is 2.28. The van der Waals surface area contributed by atoms with Crippen molar-refractivity contribution in [1.29, 1.82) is 0 Å². The fraction of sp³-hybridized carbons (Fsp3) is 0.0938. The number of halogens is 1. The molecular weight excluding hydrogens is 448 g/mol. The minimum atomic E-state index is 0.865. The molecule has 1 aliphatic heterocycles. The quantitative estimate of drug-likeness (QED) is 0.255. The van der Waals surface area contributed by atoms with Gasteiger partial charge in [0.1, 0.15) is 0 Å². The Kier molecular flexibility index (Phi) is 4.58. The van der Waals surface area contributed by atoms with Crippen LogP contribution in [0.1, 0.15) is 18.4 Å². The van der Waals surface area contributed by atoms with Crippen LogP contribution >= 0.6 is 11.6 Å². The molecule has 35 heavy (non-hydrogen) atoms. The molecule has 0 radical (unpaired) electrons. The van der Waals surface area contributed by atoms with E-state index in [1.54, 1.807) is 0 Å². The van der Waals surface area contributed by atoms with Crippen molar-refractivity contribution in [2.45, 2.75) is 12.8 Å². The Morgan fingerprint density at radius 3 is 2.40 bits per heavy atom. The second kappa shape index (κ2) is 7.83. The van der Waals surface area contributed by atoms with Crippen molar-refractivity contribution >= 4 is 61.5 Å². The Labute approximate surface area is 208 Å². The number of aryl methyl sites for hydroxylation is 1. The zero-order chi connectivity index (χ0) is 23.5. The first-order valence-electron chi connectivity index (χ1n) is 12.0. The highest BCUT2D eigenvalue weighted by Crippen LogP contribution is 2.38. The van der Waals surface area contributed by atoms with Crippen LogP contribution in [0.3, 0.4) is 0 Å². The molecule has 0 atom stereocenters. The van der Waals surface area contributed by atoms with Gasteiger partial charge in [-0.2, -0.15) is 0 Å². The number of aromatic nitrogens is 1. The molecule has 1 aromatic heterocycles. The molecule has 168 valence electrons. The minimum absolute atomic E-state index is 0.865. The van der Waals surface area contributed by atoms with Gasteiger partial charge in [0, 0.05) is 44.7 Å². The molecule has 0 unspecified atom stereocenters. The Hall–Kier alpha value is -3.88. The molecule has 7 rings (SSSR count). The molecule has 0 fully saturated rings. The van der Waals surface area contributed by atoms with Crippen LogP contribution in [-0.4, -0.2) is 10.3 Å². The monoisotopic (exact) mass is 470 g/mol. The predicted octanol–water partition coefficient (Wildman–Crippen LogP) is 7.89. The molecule has 5 aromatic rings. The second-order valence-corrected chi connectivity index (χ2v) is 9.71. The van der Waals surface area contributed by atoms with Crippen molar-refractivity contribution in [3.05, 3.63) is 118 Å². The molecule has 0 amide bonds. The van der Waals surface area contributed by atoms with E-state index in [0.717, 1.165) is 29.3 Å². The lowest BCUT2D eigenvalue weighted by Gasteiger charge is -2.00. The van der Waals surface area contributed by atoms with Gasteiger partial charge in [-0.15, -0.1) is 0 Å². The standard InChI is InChI=1S/C32H23ClN2/c1-35-28(25-11-3-7-21-9-5-13-29(35)31(21)25)19-17-23-15-14-22(32(23)33)16-18-26-24-10-2-6-20-8-4-12-27(34-26)30(20)24/h2-13,16-19H,14-15H2,1H3/b18-16+,23-17+,28-19+. The van der Waals surface area contributed by atoms with Crippen molar-refractivity contribution in [1.82, 2.24) is 4.57 Å². The highest BCUT2D eigenvalue weighted by atomic mass is 35.5. The molecule has 2 aliphatic rings. The highest BCUT2D eigenvalue weighted by molar-refractivity contribution is 6.33. The SMILES string of the molecule is Cn1/c(=C/C=C2\CCC(/C=C/C3=Nc4cccc5cccc3c45)=C2Cl)c2cccc3cccc1c32. The fourth-order valence-electron chi connectivity index (χ4n) is 5.64. The lowest BCUT2D eigenvalue weighted by molar-refractivity contribution is 0.936. The van der Waals surface area contributed by atoms with Gasteiger partial charge in [0.25, 0.3) is 0 Å². The Bertz CT molecular complexity index is 1850. The lowest BCUT2D eigenvalue weighted by Crippen LogP contribution is -2.11. The van der Waals surface area contributed by atoms with E-state index in [-0.39, 0.29) is 0 Å². The Morgan fingerprint density at radius 2 is 1.54 bits per heavy atom. The summed E-state index contributed by atoms with van der Waals surface area (Å²) in [4.78, 5) is 4.87. The van der Waals surface area contributed by atoms with E-state index in [4.69, 9.17) is 16.6 Å². The average molecular weight is 471 g/mol. The first-order chi connectivity index (χ1) is 17.2. The summed E-state index contributed by atoms with van der Waals surface area (Å²) in [5, 5.41) is 8.44. The van der Waals surface area contributed by atoms with Crippen LogP contribution in [0.4, 0.5) is 5.69 Å². The number of rotatable bonds is 3. The molecule has 0 saturated heterocycles. The summed E-state index contributed by atoms with van der Waals surface area (Å²) in [6.45, 7) is 0. The third-order valence-corrected chi connectivity index (χ3v) is 7.88. The van der Waals surface area contributed by atoms with E-state index in [1.165, 1.54) is 54.5 Å². The number of hydrogen-bond acceptors (Lipinski definition) is 1. The van der Waals surface area contributed by atoms with Crippen LogP contribution in [0.15, 0.2) is 112 Å². The molecule has 0 saturated carbocycles. The maximum atomic E-state index is 6.87. The van der Waals surface area contributed by atoms with Crippen LogP contribution in [0.2, 0.25) is 0 Å². The van der Waals surface area contributed by atoms with Gasteiger partial charge in [0.05, 0.1) is 11.4 Å². The van der Waals surface area contributed by atoms with Crippen molar-refractivity contribution < 1.29 is 0 Å². The summed E-state index contributed by atoms with van der Waals surface area (Å²) in [5.41, 5.74) is 6.87. The number of benzene rings is 4. The van der Waals surface area contributed by atoms with Crippen molar-refractivity contribution in [3.8, 4) is 0 Å². The summed E-state index contributed by atoms with van der Waals surface area (Å²) in [6.07, 6.45) is 10.6. The molecule has 2 nitrogen and oxygen atoms in total. The van der Waals surface area contributed by atoms with Crippen molar-refractivity contribution in [2.24, 2.45) is 12.0 Å². The van der Waals surface area contributed by atoms with E-state index in [9.17, 15) is 0 Å². The van der Waals surface area contributed by atoms with Crippen molar-refractivity contribution in [3.63, 3.8) is 0 Å². The molecule has 3 heteroatoms. The highest BCUT2D eigenvalue weighted by Gasteiger charge is 2.18. The van der Waals surface area contributed by atoms with Gasteiger partial charge in [-0.1, -0.05) is 84.4 Å². The zero-order valence-electron chi connectivity index (χ0n) is 19.4. The van der Waals surface area contributed by atoms with E-state index >= 15 is 0 Å². The fourth-order valence-corrected chi connectivity index (χ4v) is 5.95. The van der Waals surface area contributed by atoms with Crippen LogP contribution < -0.4 is 5.35 Å². The number of hydrogen-bond donors (Lipinski definition) is 0. The van der Waals surface area contributed by atoms with Gasteiger partial charge in [-0.25, -0.2) is 4.99 Å². The largest absolute Gasteiger partial charge is 0.344 e. The van der Waals surface area contributed by atoms with Gasteiger partial charge in [0.2, 0.25) is 0 Å². The van der Waals surface area contributed by atoms with Gasteiger partial charge in [-0.3, -0.25) is 0 Å². The topological polar surface area (TPSA) is 17.3 Å². The molecule has 2 heterocycles. The molecule has 1 aliphatic carbocycles. The summed E-state index contributed by atoms with van der Waals surface area (Å²) >= 11 is 6.87. The summed E-state index contributed by atoms with van der Waals surface area (Å²) in [7, 11) is 2.14. The first-order valence-corrected chi connectivity index (χ1v) is 12.4. The predicted molar refractivity (Wildman–Crippen MR) is 150 cm³/mol. The first kappa shape index (κ1) is 20.5. The third kappa shape index (κ3) is 3.14. The lowest BCUT2D eigenvalue weighted by atomic mass is 10.0. The van der Waals surface area contributed by atoms with Crippen molar-refractivity contribution in [2.75, 3.05) is 0 Å². The van der Waals surface area contributed by atoms with Crippen LogP contribution in [0, 0.1) is 0 Å². The number of aliphatic imine (C=N–C) groups is 1. The number of allylic oxidation sites excluding steroid dienone is 6. The van der Waals surface area contributed by atoms with E-state index in [1.807, 2.05) is 0 Å². The summed E-state index contributed by atoms with van der Waals surface area (Å²) in [6, 6.07) is 25.7. The molecule has 0 bridgehead atoms. The van der Waals surface area contributed by atoms with Crippen LogP contribution in [0.5, 0.6) is 0 Å². The third-order valence-electron chi connectivity index (χ3n) is 7.39. The number of nitrogens with zero attached hydrogens (tertiary/aromatic N) is 2. The van der Waals surface area contributed by atoms with Crippen LogP contribution in [0.25, 0.3) is 38.5 Å². The smallest absolute Gasteiger partial charge is 0.0722 e. The van der Waals surface area contributed by atoms with E-state index in [0.29, 0.717) is 0 Å². The van der Waals surface area contributed by atoms with Gasteiger partial charge in [-0.05, 0) is 59.0 Å². The average Bonchev–Trinajstić information content (AvgIpc) is 3.52. The molecule has 0 N–H and O–H groups in total. The second-order valence-electron chi connectivity index (χ2n) is 9.33. The maximum absolute atomic E-state index is 6.87. The Morgan fingerprint density at radius 1 is 0.800 bits per heavy atom. The molecule has 4 aromatic carbocycles. The van der Waals surface area contributed by atoms with Gasteiger partial charge >= 0.3 is 0 Å². The Balaban J connectivity index is 1.24.